The fraction of sp³-hybridized carbons (Fsp3) is 0.350. The van der Waals surface area contributed by atoms with E-state index in [1.54, 1.807) is 26.0 Å². The average Bonchev–Trinajstić information content (AvgIpc) is 2.67. The van der Waals surface area contributed by atoms with Crippen LogP contribution in [0.1, 0.15) is 36.7 Å². The zero-order valence-electron chi connectivity index (χ0n) is 16.3. The average molecular weight is 471 g/mol. The summed E-state index contributed by atoms with van der Waals surface area (Å²) in [6, 6.07) is 10.2. The standard InChI is InChI=1S/C20H24BrFN2O3S/c1-5-24(13-16-12-17(21)8-11-19(16)22)20(25)15-6-9-18(10-7-15)28(26,27)23(4)14(2)3/h6-12,14H,5,13H2,1-4H3. The first-order valence-corrected chi connectivity index (χ1v) is 11.1. The smallest absolute Gasteiger partial charge is 0.254 e. The number of hydrogen-bond acceptors (Lipinski definition) is 3. The summed E-state index contributed by atoms with van der Waals surface area (Å²) in [5.41, 5.74) is 0.755. The lowest BCUT2D eigenvalue weighted by Crippen LogP contribution is -2.33. The van der Waals surface area contributed by atoms with Gasteiger partial charge in [0.25, 0.3) is 5.91 Å². The molecule has 0 aromatic heterocycles. The Hall–Kier alpha value is -1.77. The number of rotatable bonds is 7. The van der Waals surface area contributed by atoms with E-state index in [2.05, 4.69) is 15.9 Å². The first kappa shape index (κ1) is 22.5. The SMILES string of the molecule is CCN(Cc1cc(Br)ccc1F)C(=O)c1ccc(S(=O)(=O)N(C)C(C)C)cc1. The van der Waals surface area contributed by atoms with E-state index in [4.69, 9.17) is 0 Å². The minimum Gasteiger partial charge on any atom is -0.334 e. The highest BCUT2D eigenvalue weighted by molar-refractivity contribution is 9.10. The van der Waals surface area contributed by atoms with Gasteiger partial charge in [0.1, 0.15) is 5.82 Å². The van der Waals surface area contributed by atoms with Crippen LogP contribution >= 0.6 is 15.9 Å². The summed E-state index contributed by atoms with van der Waals surface area (Å²) >= 11 is 3.31. The summed E-state index contributed by atoms with van der Waals surface area (Å²) < 4.78 is 41.1. The maximum absolute atomic E-state index is 14.0. The molecule has 0 unspecified atom stereocenters. The van der Waals surface area contributed by atoms with Crippen LogP contribution in [0.25, 0.3) is 0 Å². The van der Waals surface area contributed by atoms with Gasteiger partial charge in [-0.1, -0.05) is 15.9 Å². The van der Waals surface area contributed by atoms with Crippen molar-refractivity contribution in [2.75, 3.05) is 13.6 Å². The fourth-order valence-corrected chi connectivity index (χ4v) is 4.37. The van der Waals surface area contributed by atoms with Gasteiger partial charge in [-0.25, -0.2) is 12.8 Å². The lowest BCUT2D eigenvalue weighted by molar-refractivity contribution is 0.0751. The Labute approximate surface area is 174 Å². The van der Waals surface area contributed by atoms with Crippen molar-refractivity contribution in [3.8, 4) is 0 Å². The van der Waals surface area contributed by atoms with Crippen molar-refractivity contribution in [1.29, 1.82) is 0 Å². The molecule has 0 N–H and O–H groups in total. The summed E-state index contributed by atoms with van der Waals surface area (Å²) in [4.78, 5) is 14.4. The van der Waals surface area contributed by atoms with E-state index in [1.807, 2.05) is 6.92 Å². The molecular formula is C20H24BrFN2O3S. The van der Waals surface area contributed by atoms with Crippen LogP contribution in [0.3, 0.4) is 0 Å². The molecule has 0 saturated carbocycles. The molecule has 0 heterocycles. The van der Waals surface area contributed by atoms with Crippen LogP contribution in [-0.2, 0) is 16.6 Å². The Morgan fingerprint density at radius 3 is 2.29 bits per heavy atom. The largest absolute Gasteiger partial charge is 0.334 e. The van der Waals surface area contributed by atoms with Gasteiger partial charge in [-0.05, 0) is 63.2 Å². The molecule has 2 rings (SSSR count). The molecule has 1 amide bonds. The van der Waals surface area contributed by atoms with E-state index in [0.717, 1.165) is 4.47 Å². The molecule has 5 nitrogen and oxygen atoms in total. The van der Waals surface area contributed by atoms with Gasteiger partial charge in [0.15, 0.2) is 0 Å². The molecule has 0 aliphatic rings. The van der Waals surface area contributed by atoms with Crippen molar-refractivity contribution < 1.29 is 17.6 Å². The second-order valence-corrected chi connectivity index (χ2v) is 9.61. The summed E-state index contributed by atoms with van der Waals surface area (Å²) in [6.45, 7) is 5.90. The molecular weight excluding hydrogens is 447 g/mol. The van der Waals surface area contributed by atoms with Crippen molar-refractivity contribution in [1.82, 2.24) is 9.21 Å². The van der Waals surface area contributed by atoms with E-state index >= 15 is 0 Å². The summed E-state index contributed by atoms with van der Waals surface area (Å²) in [5, 5.41) is 0. The number of carbonyl (C=O) groups excluding carboxylic acids is 1. The lowest BCUT2D eigenvalue weighted by atomic mass is 10.1. The van der Waals surface area contributed by atoms with Gasteiger partial charge in [0.05, 0.1) is 4.90 Å². The molecule has 0 fully saturated rings. The molecule has 152 valence electrons. The number of sulfonamides is 1. The predicted octanol–water partition coefficient (Wildman–Crippen LogP) is 4.28. The molecule has 0 aliphatic carbocycles. The van der Waals surface area contributed by atoms with Gasteiger partial charge in [0.2, 0.25) is 10.0 Å². The number of nitrogens with zero attached hydrogens (tertiary/aromatic N) is 2. The van der Waals surface area contributed by atoms with Crippen LogP contribution in [-0.4, -0.2) is 43.2 Å². The normalized spacial score (nSPS) is 11.9. The van der Waals surface area contributed by atoms with Crippen LogP contribution < -0.4 is 0 Å². The van der Waals surface area contributed by atoms with Crippen molar-refractivity contribution in [3.05, 3.63) is 63.9 Å². The van der Waals surface area contributed by atoms with Gasteiger partial charge >= 0.3 is 0 Å². The van der Waals surface area contributed by atoms with Crippen LogP contribution in [0.4, 0.5) is 4.39 Å². The maximum Gasteiger partial charge on any atom is 0.254 e. The zero-order chi connectivity index (χ0) is 21.1. The Morgan fingerprint density at radius 1 is 1.14 bits per heavy atom. The molecule has 2 aromatic carbocycles. The predicted molar refractivity (Wildman–Crippen MR) is 111 cm³/mol. The fourth-order valence-electron chi connectivity index (χ4n) is 2.59. The highest BCUT2D eigenvalue weighted by atomic mass is 79.9. The molecule has 0 spiro atoms. The number of halogens is 2. The Bertz CT molecular complexity index is 946. The Balaban J connectivity index is 2.24. The second kappa shape index (κ2) is 9.15. The van der Waals surface area contributed by atoms with E-state index in [-0.39, 0.29) is 29.2 Å². The van der Waals surface area contributed by atoms with Crippen LogP contribution in [0.5, 0.6) is 0 Å². The van der Waals surface area contributed by atoms with Crippen molar-refractivity contribution in [3.63, 3.8) is 0 Å². The molecule has 28 heavy (non-hydrogen) atoms. The molecule has 0 atom stereocenters. The maximum atomic E-state index is 14.0. The van der Waals surface area contributed by atoms with Gasteiger partial charge in [-0.3, -0.25) is 4.79 Å². The number of benzene rings is 2. The first-order chi connectivity index (χ1) is 13.1. The van der Waals surface area contributed by atoms with Crippen LogP contribution in [0, 0.1) is 5.82 Å². The summed E-state index contributed by atoms with van der Waals surface area (Å²) in [7, 11) is -2.09. The minimum absolute atomic E-state index is 0.122. The first-order valence-electron chi connectivity index (χ1n) is 8.89. The van der Waals surface area contributed by atoms with E-state index in [1.165, 1.54) is 46.6 Å². The van der Waals surface area contributed by atoms with Gasteiger partial charge in [-0.15, -0.1) is 0 Å². The monoisotopic (exact) mass is 470 g/mol. The van der Waals surface area contributed by atoms with Crippen molar-refractivity contribution in [2.24, 2.45) is 0 Å². The molecule has 0 bridgehead atoms. The minimum atomic E-state index is -3.61. The highest BCUT2D eigenvalue weighted by Gasteiger charge is 2.24. The number of amides is 1. The van der Waals surface area contributed by atoms with Crippen molar-refractivity contribution in [2.45, 2.75) is 38.3 Å². The topological polar surface area (TPSA) is 57.7 Å². The van der Waals surface area contributed by atoms with Gasteiger partial charge in [0, 0.05) is 41.8 Å². The van der Waals surface area contributed by atoms with Gasteiger partial charge in [-0.2, -0.15) is 4.31 Å². The second-order valence-electron chi connectivity index (χ2n) is 6.69. The molecule has 2 aromatic rings. The highest BCUT2D eigenvalue weighted by Crippen LogP contribution is 2.20. The van der Waals surface area contributed by atoms with Crippen LogP contribution in [0.2, 0.25) is 0 Å². The zero-order valence-corrected chi connectivity index (χ0v) is 18.7. The Morgan fingerprint density at radius 2 is 1.75 bits per heavy atom. The van der Waals surface area contributed by atoms with E-state index in [9.17, 15) is 17.6 Å². The molecule has 0 aliphatic heterocycles. The van der Waals surface area contributed by atoms with Crippen LogP contribution in [0.15, 0.2) is 51.8 Å². The van der Waals surface area contributed by atoms with E-state index < -0.39 is 10.0 Å². The quantitative estimate of drug-likeness (QED) is 0.606. The number of hydrogen-bond donors (Lipinski definition) is 0. The van der Waals surface area contributed by atoms with Crippen molar-refractivity contribution >= 4 is 31.9 Å². The third-order valence-electron chi connectivity index (χ3n) is 4.54. The van der Waals surface area contributed by atoms with E-state index in [0.29, 0.717) is 17.7 Å². The number of carbonyl (C=O) groups is 1. The third-order valence-corrected chi connectivity index (χ3v) is 7.08. The summed E-state index contributed by atoms with van der Waals surface area (Å²) in [5.74, 6) is -0.671. The summed E-state index contributed by atoms with van der Waals surface area (Å²) in [6.07, 6.45) is 0. The third kappa shape index (κ3) is 4.98. The molecule has 8 heteroatoms. The molecule has 0 saturated heterocycles. The lowest BCUT2D eigenvalue weighted by Gasteiger charge is -2.23. The van der Waals surface area contributed by atoms with Gasteiger partial charge < -0.3 is 4.90 Å². The Kier molecular flexibility index (Phi) is 7.36. The molecule has 0 radical (unpaired) electrons.